The predicted molar refractivity (Wildman–Crippen MR) is 60.3 cm³/mol. The molecule has 0 heterocycles. The lowest BCUT2D eigenvalue weighted by Crippen LogP contribution is -2.44. The van der Waals surface area contributed by atoms with Gasteiger partial charge in [-0.3, -0.25) is 0 Å². The van der Waals surface area contributed by atoms with E-state index >= 15 is 0 Å². The van der Waals surface area contributed by atoms with Gasteiger partial charge in [0.05, 0.1) is 0 Å². The van der Waals surface area contributed by atoms with Gasteiger partial charge in [0.15, 0.2) is 0 Å². The van der Waals surface area contributed by atoms with Gasteiger partial charge in [0, 0.05) is 26.9 Å². The van der Waals surface area contributed by atoms with E-state index < -0.39 is 8.80 Å². The molecule has 0 aliphatic carbocycles. The van der Waals surface area contributed by atoms with Gasteiger partial charge in [0.25, 0.3) is 0 Å². The van der Waals surface area contributed by atoms with Crippen LogP contribution < -0.4 is 0 Å². The van der Waals surface area contributed by atoms with E-state index in [1.165, 1.54) is 0 Å². The minimum Gasteiger partial charge on any atom is -0.377 e. The Balaban J connectivity index is 4.07. The molecule has 0 saturated carbocycles. The lowest BCUT2D eigenvalue weighted by molar-refractivity contribution is 0.0862. The van der Waals surface area contributed by atoms with E-state index in [2.05, 4.69) is 20.8 Å². The molecule has 0 aliphatic rings. The highest BCUT2D eigenvalue weighted by molar-refractivity contribution is 6.60. The van der Waals surface area contributed by atoms with Crippen LogP contribution in [0.4, 0.5) is 0 Å². The summed E-state index contributed by atoms with van der Waals surface area (Å²) in [5.74, 6) is 0.522. The monoisotopic (exact) mass is 220 g/mol. The van der Waals surface area contributed by atoms with Crippen molar-refractivity contribution < 1.29 is 13.3 Å². The molecule has 0 N–H and O–H groups in total. The minimum absolute atomic E-state index is 0.522. The summed E-state index contributed by atoms with van der Waals surface area (Å²) >= 11 is 0. The van der Waals surface area contributed by atoms with Gasteiger partial charge in [-0.2, -0.15) is 0 Å². The van der Waals surface area contributed by atoms with Gasteiger partial charge in [0.1, 0.15) is 0 Å². The van der Waals surface area contributed by atoms with Crippen molar-refractivity contribution in [3.63, 3.8) is 0 Å². The van der Waals surface area contributed by atoms with Crippen molar-refractivity contribution in [3.8, 4) is 0 Å². The Kier molecular flexibility index (Phi) is 7.45. The first kappa shape index (κ1) is 14.1. The summed E-state index contributed by atoms with van der Waals surface area (Å²) in [5, 5.41) is 0. The fraction of sp³-hybridized carbons (Fsp3) is 1.00. The third-order valence-corrected chi connectivity index (χ3v) is 4.91. The zero-order valence-electron chi connectivity index (χ0n) is 10.1. The smallest absolute Gasteiger partial charge is 0.377 e. The highest BCUT2D eigenvalue weighted by Crippen LogP contribution is 2.18. The van der Waals surface area contributed by atoms with Crippen molar-refractivity contribution in [2.45, 2.75) is 39.7 Å². The van der Waals surface area contributed by atoms with Crippen LogP contribution in [-0.2, 0) is 13.3 Å². The number of unbranched alkanes of at least 4 members (excludes halogenated alkanes) is 1. The molecule has 0 aromatic carbocycles. The standard InChI is InChI=1S/C10H24O3Si/c1-6-7-8-14(11-4,12-5)13-9-10(2)3/h10H,6-9H2,1-5H3. The van der Waals surface area contributed by atoms with Gasteiger partial charge < -0.3 is 13.3 Å². The fourth-order valence-corrected chi connectivity index (χ4v) is 3.49. The quantitative estimate of drug-likeness (QED) is 0.589. The maximum atomic E-state index is 5.79. The van der Waals surface area contributed by atoms with Crippen molar-refractivity contribution in [2.75, 3.05) is 20.8 Å². The Labute approximate surface area is 89.1 Å². The Morgan fingerprint density at radius 3 is 2.07 bits per heavy atom. The summed E-state index contributed by atoms with van der Waals surface area (Å²) in [6, 6.07) is 0.920. The molecule has 14 heavy (non-hydrogen) atoms. The van der Waals surface area contributed by atoms with Crippen molar-refractivity contribution in [1.82, 2.24) is 0 Å². The summed E-state index contributed by atoms with van der Waals surface area (Å²) in [6.07, 6.45) is 2.25. The number of hydrogen-bond acceptors (Lipinski definition) is 3. The van der Waals surface area contributed by atoms with Crippen LogP contribution >= 0.6 is 0 Å². The first-order valence-corrected chi connectivity index (χ1v) is 7.27. The van der Waals surface area contributed by atoms with Gasteiger partial charge >= 0.3 is 8.80 Å². The SMILES string of the molecule is CCCC[Si](OC)(OC)OCC(C)C. The van der Waals surface area contributed by atoms with E-state index in [1.54, 1.807) is 14.2 Å². The molecular formula is C10H24O3Si. The molecule has 3 nitrogen and oxygen atoms in total. The maximum absolute atomic E-state index is 5.79. The molecule has 0 radical (unpaired) electrons. The topological polar surface area (TPSA) is 27.7 Å². The van der Waals surface area contributed by atoms with Crippen LogP contribution in [0.25, 0.3) is 0 Å². The van der Waals surface area contributed by atoms with Crippen LogP contribution in [-0.4, -0.2) is 29.6 Å². The highest BCUT2D eigenvalue weighted by atomic mass is 28.4. The molecule has 0 aliphatic heterocycles. The zero-order chi connectivity index (χ0) is 11.0. The second-order valence-electron chi connectivity index (χ2n) is 3.90. The molecule has 0 aromatic rings. The third kappa shape index (κ3) is 5.10. The molecular weight excluding hydrogens is 196 g/mol. The second-order valence-corrected chi connectivity index (χ2v) is 6.87. The van der Waals surface area contributed by atoms with Crippen LogP contribution in [0, 0.1) is 5.92 Å². The molecule has 0 rings (SSSR count). The molecule has 0 unspecified atom stereocenters. The molecule has 0 aromatic heterocycles. The second kappa shape index (κ2) is 7.40. The summed E-state index contributed by atoms with van der Waals surface area (Å²) < 4.78 is 16.7. The third-order valence-electron chi connectivity index (χ3n) is 2.10. The largest absolute Gasteiger partial charge is 0.500 e. The lowest BCUT2D eigenvalue weighted by atomic mass is 10.2. The molecule has 0 bridgehead atoms. The van der Waals surface area contributed by atoms with E-state index in [1.807, 2.05) is 0 Å². The van der Waals surface area contributed by atoms with E-state index in [9.17, 15) is 0 Å². The van der Waals surface area contributed by atoms with Crippen molar-refractivity contribution >= 4 is 8.80 Å². The Bertz CT molecular complexity index is 135. The molecule has 4 heteroatoms. The molecule has 0 fully saturated rings. The van der Waals surface area contributed by atoms with Crippen LogP contribution in [0.2, 0.25) is 6.04 Å². The fourth-order valence-electron chi connectivity index (χ4n) is 1.16. The van der Waals surface area contributed by atoms with Gasteiger partial charge in [-0.05, 0) is 12.3 Å². The molecule has 86 valence electrons. The minimum atomic E-state index is -2.33. The van der Waals surface area contributed by atoms with Gasteiger partial charge in [0.2, 0.25) is 0 Å². The van der Waals surface area contributed by atoms with Gasteiger partial charge in [-0.15, -0.1) is 0 Å². The number of rotatable bonds is 8. The van der Waals surface area contributed by atoms with E-state index in [4.69, 9.17) is 13.3 Å². The predicted octanol–water partition coefficient (Wildman–Crippen LogP) is 2.69. The zero-order valence-corrected chi connectivity index (χ0v) is 11.1. The van der Waals surface area contributed by atoms with Crippen LogP contribution in [0.5, 0.6) is 0 Å². The van der Waals surface area contributed by atoms with Crippen molar-refractivity contribution in [2.24, 2.45) is 5.92 Å². The van der Waals surface area contributed by atoms with E-state index in [0.717, 1.165) is 25.5 Å². The number of hydrogen-bond donors (Lipinski definition) is 0. The average Bonchev–Trinajstić information content (AvgIpc) is 2.19. The first-order valence-electron chi connectivity index (χ1n) is 5.34. The van der Waals surface area contributed by atoms with Crippen molar-refractivity contribution in [3.05, 3.63) is 0 Å². The first-order chi connectivity index (χ1) is 6.60. The summed E-state index contributed by atoms with van der Waals surface area (Å²) in [6.45, 7) is 7.14. The molecule has 0 amide bonds. The summed E-state index contributed by atoms with van der Waals surface area (Å²) in [4.78, 5) is 0. The average molecular weight is 220 g/mol. The maximum Gasteiger partial charge on any atom is 0.500 e. The van der Waals surface area contributed by atoms with Crippen molar-refractivity contribution in [1.29, 1.82) is 0 Å². The Morgan fingerprint density at radius 2 is 1.71 bits per heavy atom. The van der Waals surface area contributed by atoms with E-state index in [-0.39, 0.29) is 0 Å². The molecule has 0 atom stereocenters. The molecule has 0 spiro atoms. The van der Waals surface area contributed by atoms with Crippen LogP contribution in [0.3, 0.4) is 0 Å². The van der Waals surface area contributed by atoms with E-state index in [0.29, 0.717) is 5.92 Å². The summed E-state index contributed by atoms with van der Waals surface area (Å²) in [7, 11) is 1.05. The Hall–Kier alpha value is 0.0969. The Morgan fingerprint density at radius 1 is 1.14 bits per heavy atom. The lowest BCUT2D eigenvalue weighted by Gasteiger charge is -2.27. The summed E-state index contributed by atoms with van der Waals surface area (Å²) in [5.41, 5.74) is 0. The molecule has 0 saturated heterocycles. The van der Waals surface area contributed by atoms with Crippen LogP contribution in [0.15, 0.2) is 0 Å². The normalized spacial score (nSPS) is 12.4. The highest BCUT2D eigenvalue weighted by Gasteiger charge is 2.38. The van der Waals surface area contributed by atoms with Gasteiger partial charge in [-0.25, -0.2) is 0 Å². The van der Waals surface area contributed by atoms with Gasteiger partial charge in [-0.1, -0.05) is 27.2 Å². The van der Waals surface area contributed by atoms with Crippen LogP contribution in [0.1, 0.15) is 33.6 Å².